The van der Waals surface area contributed by atoms with Gasteiger partial charge in [0.05, 0.1) is 5.56 Å². The summed E-state index contributed by atoms with van der Waals surface area (Å²) in [5.41, 5.74) is 1.17. The molecule has 0 saturated heterocycles. The number of nitrogens with one attached hydrogen (secondary N) is 1. The first kappa shape index (κ1) is 8.46. The molecule has 1 N–H and O–H groups in total. The number of carbonyl (C=O) groups excluding carboxylic acids is 1. The van der Waals surface area contributed by atoms with Gasteiger partial charge in [0.25, 0.3) is 5.91 Å². The third-order valence-corrected chi connectivity index (χ3v) is 1.25. The van der Waals surface area contributed by atoms with Crippen molar-refractivity contribution in [3.63, 3.8) is 0 Å². The second-order valence-electron chi connectivity index (χ2n) is 2.48. The molecule has 0 saturated carbocycles. The minimum atomic E-state index is -0.171. The van der Waals surface area contributed by atoms with Gasteiger partial charge in [-0.1, -0.05) is 6.58 Å². The van der Waals surface area contributed by atoms with E-state index in [0.717, 1.165) is 0 Å². The Balaban J connectivity index is 2.73. The molecule has 1 aromatic heterocycles. The normalized spacial score (nSPS) is 9.08. The quantitative estimate of drug-likeness (QED) is 0.713. The molecule has 0 unspecified atom stereocenters. The molecule has 0 aliphatic heterocycles. The number of hydrogen-bond donors (Lipinski definition) is 1. The zero-order chi connectivity index (χ0) is 8.97. The van der Waals surface area contributed by atoms with Crippen molar-refractivity contribution in [1.29, 1.82) is 0 Å². The molecule has 0 aliphatic carbocycles. The van der Waals surface area contributed by atoms with E-state index in [-0.39, 0.29) is 5.91 Å². The van der Waals surface area contributed by atoms with Crippen molar-refractivity contribution in [1.82, 2.24) is 10.3 Å². The molecule has 0 bridgehead atoms. The van der Waals surface area contributed by atoms with Gasteiger partial charge in [0.1, 0.15) is 0 Å². The van der Waals surface area contributed by atoms with E-state index in [1.165, 1.54) is 6.20 Å². The second-order valence-corrected chi connectivity index (χ2v) is 2.48. The molecule has 62 valence electrons. The summed E-state index contributed by atoms with van der Waals surface area (Å²) in [5.74, 6) is -0.171. The molecule has 3 nitrogen and oxygen atoms in total. The smallest absolute Gasteiger partial charge is 0.256 e. The van der Waals surface area contributed by atoms with Crippen molar-refractivity contribution in [2.75, 3.05) is 0 Å². The van der Waals surface area contributed by atoms with E-state index in [1.807, 2.05) is 0 Å². The molecular weight excluding hydrogens is 152 g/mol. The van der Waals surface area contributed by atoms with Crippen LogP contribution in [0.15, 0.2) is 36.8 Å². The molecule has 12 heavy (non-hydrogen) atoms. The van der Waals surface area contributed by atoms with Gasteiger partial charge in [0, 0.05) is 18.1 Å². The maximum atomic E-state index is 11.2. The fourth-order valence-corrected chi connectivity index (χ4v) is 0.763. The Hall–Kier alpha value is -1.64. The number of rotatable bonds is 2. The van der Waals surface area contributed by atoms with Crippen LogP contribution in [0.3, 0.4) is 0 Å². The summed E-state index contributed by atoms with van der Waals surface area (Å²) in [6.45, 7) is 5.30. The Morgan fingerprint density at radius 1 is 1.67 bits per heavy atom. The van der Waals surface area contributed by atoms with Crippen LogP contribution in [0.25, 0.3) is 0 Å². The van der Waals surface area contributed by atoms with Gasteiger partial charge in [-0.25, -0.2) is 0 Å². The highest BCUT2D eigenvalue weighted by Gasteiger charge is 2.02. The number of nitrogens with zero attached hydrogens (tertiary/aromatic N) is 1. The van der Waals surface area contributed by atoms with Gasteiger partial charge in [-0.15, -0.1) is 0 Å². The molecule has 0 atom stereocenters. The van der Waals surface area contributed by atoms with Crippen LogP contribution < -0.4 is 5.32 Å². The van der Waals surface area contributed by atoms with Gasteiger partial charge < -0.3 is 5.32 Å². The minimum Gasteiger partial charge on any atom is -0.327 e. The van der Waals surface area contributed by atoms with E-state index in [4.69, 9.17) is 0 Å². The average Bonchev–Trinajstić information content (AvgIpc) is 2.05. The van der Waals surface area contributed by atoms with E-state index < -0.39 is 0 Å². The number of hydrogen-bond acceptors (Lipinski definition) is 2. The summed E-state index contributed by atoms with van der Waals surface area (Å²) in [4.78, 5) is 15.1. The molecule has 0 radical (unpaired) electrons. The van der Waals surface area contributed by atoms with Crippen LogP contribution in [0.4, 0.5) is 0 Å². The molecule has 0 aromatic carbocycles. The molecule has 1 rings (SSSR count). The van der Waals surface area contributed by atoms with Crippen LogP contribution in [0.2, 0.25) is 0 Å². The molecule has 3 heteroatoms. The maximum Gasteiger partial charge on any atom is 0.256 e. The Morgan fingerprint density at radius 2 is 2.42 bits per heavy atom. The Kier molecular flexibility index (Phi) is 2.58. The first-order valence-electron chi connectivity index (χ1n) is 3.57. The Labute approximate surface area is 71.1 Å². The van der Waals surface area contributed by atoms with E-state index in [0.29, 0.717) is 11.3 Å². The molecule has 0 spiro atoms. The van der Waals surface area contributed by atoms with Gasteiger partial charge in [0.15, 0.2) is 0 Å². The SMILES string of the molecule is C=C(C)NC(=O)c1cccnc1. The predicted molar refractivity (Wildman–Crippen MR) is 46.5 cm³/mol. The third kappa shape index (κ3) is 2.20. The lowest BCUT2D eigenvalue weighted by Crippen LogP contribution is -2.20. The fraction of sp³-hybridized carbons (Fsp3) is 0.111. The summed E-state index contributed by atoms with van der Waals surface area (Å²) in [6, 6.07) is 3.42. The van der Waals surface area contributed by atoms with Crippen LogP contribution >= 0.6 is 0 Å². The predicted octanol–water partition coefficient (Wildman–Crippen LogP) is 1.34. The summed E-state index contributed by atoms with van der Waals surface area (Å²) >= 11 is 0. The highest BCUT2D eigenvalue weighted by Crippen LogP contribution is 1.95. The van der Waals surface area contributed by atoms with Crippen molar-refractivity contribution in [2.45, 2.75) is 6.92 Å². The third-order valence-electron chi connectivity index (χ3n) is 1.25. The summed E-state index contributed by atoms with van der Waals surface area (Å²) in [6.07, 6.45) is 3.13. The topological polar surface area (TPSA) is 42.0 Å². The molecule has 0 fully saturated rings. The van der Waals surface area contributed by atoms with Gasteiger partial charge in [-0.3, -0.25) is 9.78 Å². The zero-order valence-corrected chi connectivity index (χ0v) is 6.87. The van der Waals surface area contributed by atoms with Crippen molar-refractivity contribution in [3.05, 3.63) is 42.4 Å². The van der Waals surface area contributed by atoms with Crippen molar-refractivity contribution >= 4 is 5.91 Å². The lowest BCUT2D eigenvalue weighted by Gasteiger charge is -2.01. The van der Waals surface area contributed by atoms with E-state index in [9.17, 15) is 4.79 Å². The summed E-state index contributed by atoms with van der Waals surface area (Å²) < 4.78 is 0. The molecule has 1 aromatic rings. The van der Waals surface area contributed by atoms with Crippen LogP contribution in [0.1, 0.15) is 17.3 Å². The number of amides is 1. The largest absolute Gasteiger partial charge is 0.327 e. The van der Waals surface area contributed by atoms with E-state index in [2.05, 4.69) is 16.9 Å². The number of aromatic nitrogens is 1. The van der Waals surface area contributed by atoms with Crippen LogP contribution in [-0.4, -0.2) is 10.9 Å². The van der Waals surface area contributed by atoms with E-state index in [1.54, 1.807) is 25.3 Å². The van der Waals surface area contributed by atoms with Gasteiger partial charge >= 0.3 is 0 Å². The summed E-state index contributed by atoms with van der Waals surface area (Å²) in [7, 11) is 0. The highest BCUT2D eigenvalue weighted by molar-refractivity contribution is 5.94. The first-order chi connectivity index (χ1) is 5.70. The Morgan fingerprint density at radius 3 is 2.92 bits per heavy atom. The number of carbonyl (C=O) groups is 1. The molecule has 1 heterocycles. The molecular formula is C9H10N2O. The van der Waals surface area contributed by atoms with Crippen LogP contribution in [0, 0.1) is 0 Å². The number of allylic oxidation sites excluding steroid dienone is 1. The molecule has 1 amide bonds. The van der Waals surface area contributed by atoms with Gasteiger partial charge in [0.2, 0.25) is 0 Å². The van der Waals surface area contributed by atoms with Crippen LogP contribution in [-0.2, 0) is 0 Å². The van der Waals surface area contributed by atoms with Crippen molar-refractivity contribution < 1.29 is 4.79 Å². The lowest BCUT2D eigenvalue weighted by atomic mass is 10.2. The monoisotopic (exact) mass is 162 g/mol. The summed E-state index contributed by atoms with van der Waals surface area (Å²) in [5, 5.41) is 2.59. The molecule has 0 aliphatic rings. The highest BCUT2D eigenvalue weighted by atomic mass is 16.1. The lowest BCUT2D eigenvalue weighted by molar-refractivity contribution is 0.0966. The van der Waals surface area contributed by atoms with Crippen molar-refractivity contribution in [2.24, 2.45) is 0 Å². The minimum absolute atomic E-state index is 0.171. The van der Waals surface area contributed by atoms with Gasteiger partial charge in [-0.2, -0.15) is 0 Å². The number of pyridine rings is 1. The average molecular weight is 162 g/mol. The first-order valence-corrected chi connectivity index (χ1v) is 3.57. The van der Waals surface area contributed by atoms with Crippen molar-refractivity contribution in [3.8, 4) is 0 Å². The standard InChI is InChI=1S/C9H10N2O/c1-7(2)11-9(12)8-4-3-5-10-6-8/h3-6H,1H2,2H3,(H,11,12). The van der Waals surface area contributed by atoms with Crippen LogP contribution in [0.5, 0.6) is 0 Å². The van der Waals surface area contributed by atoms with Gasteiger partial charge in [-0.05, 0) is 19.1 Å². The fourth-order valence-electron chi connectivity index (χ4n) is 0.763. The maximum absolute atomic E-state index is 11.2. The second kappa shape index (κ2) is 3.67. The van der Waals surface area contributed by atoms with E-state index >= 15 is 0 Å². The zero-order valence-electron chi connectivity index (χ0n) is 6.87. The Bertz CT molecular complexity index is 293.